The molecule has 0 fully saturated rings. The molecular weight excluding hydrogens is 397 g/mol. The highest BCUT2D eigenvalue weighted by Gasteiger charge is 2.19. The lowest BCUT2D eigenvalue weighted by Crippen LogP contribution is -1.97. The maximum Gasteiger partial charge on any atom is 0.275 e. The molecule has 2 aromatic carbocycles. The lowest BCUT2D eigenvalue weighted by molar-refractivity contribution is -0.385. The number of hydrogen-bond donors (Lipinski definition) is 0. The van der Waals surface area contributed by atoms with Crippen molar-refractivity contribution in [3.63, 3.8) is 0 Å². The summed E-state index contributed by atoms with van der Waals surface area (Å²) in [7, 11) is 0. The zero-order chi connectivity index (χ0) is 15.6. The minimum absolute atomic E-state index is 0.116. The first-order valence-corrected chi connectivity index (χ1v) is 6.51. The lowest BCUT2D eigenvalue weighted by atomic mass is 10.2. The largest absolute Gasteiger partial charge is 0.451 e. The van der Waals surface area contributed by atoms with Crippen LogP contribution in [0.4, 0.5) is 14.5 Å². The molecule has 0 N–H and O–H groups in total. The van der Waals surface area contributed by atoms with E-state index in [1.54, 1.807) is 0 Å². The number of nitriles is 1. The molecule has 106 valence electrons. The minimum atomic E-state index is -1.18. The molecule has 2 aromatic rings. The second-order valence-corrected chi connectivity index (χ2v) is 5.01. The van der Waals surface area contributed by atoms with E-state index in [9.17, 15) is 18.9 Å². The predicted octanol–water partition coefficient (Wildman–Crippen LogP) is 4.14. The smallest absolute Gasteiger partial charge is 0.275 e. The molecule has 0 radical (unpaired) electrons. The van der Waals surface area contributed by atoms with E-state index in [1.165, 1.54) is 18.2 Å². The fraction of sp³-hybridized carbons (Fsp3) is 0. The third-order valence-electron chi connectivity index (χ3n) is 2.47. The lowest BCUT2D eigenvalue weighted by Gasteiger charge is -2.08. The van der Waals surface area contributed by atoms with Crippen LogP contribution < -0.4 is 4.74 Å². The van der Waals surface area contributed by atoms with Crippen molar-refractivity contribution in [2.45, 2.75) is 0 Å². The molecule has 0 aliphatic carbocycles. The maximum atomic E-state index is 13.7. The summed E-state index contributed by atoms with van der Waals surface area (Å²) in [5, 5.41) is 19.3. The summed E-state index contributed by atoms with van der Waals surface area (Å²) in [6.45, 7) is 0. The molecule has 0 aliphatic rings. The van der Waals surface area contributed by atoms with Crippen LogP contribution in [0, 0.1) is 36.7 Å². The van der Waals surface area contributed by atoms with Gasteiger partial charge in [0.05, 0.1) is 22.6 Å². The van der Waals surface area contributed by atoms with Crippen molar-refractivity contribution in [1.82, 2.24) is 0 Å². The maximum absolute atomic E-state index is 13.7. The van der Waals surface area contributed by atoms with Gasteiger partial charge in [0.1, 0.15) is 11.8 Å². The van der Waals surface area contributed by atoms with Crippen LogP contribution in [0.1, 0.15) is 5.56 Å². The average Bonchev–Trinajstić information content (AvgIpc) is 2.42. The molecule has 0 unspecified atom stereocenters. The Hall–Kier alpha value is -2.28. The monoisotopic (exact) mass is 402 g/mol. The van der Waals surface area contributed by atoms with Gasteiger partial charge in [-0.25, -0.2) is 8.78 Å². The fourth-order valence-corrected chi connectivity index (χ4v) is 2.12. The van der Waals surface area contributed by atoms with E-state index in [4.69, 9.17) is 10.00 Å². The number of ether oxygens (including phenoxy) is 1. The summed E-state index contributed by atoms with van der Waals surface area (Å²) < 4.78 is 33.0. The number of hydrogen-bond acceptors (Lipinski definition) is 4. The van der Waals surface area contributed by atoms with Gasteiger partial charge < -0.3 is 4.74 Å². The summed E-state index contributed by atoms with van der Waals surface area (Å²) in [6, 6.07) is 7.34. The quantitative estimate of drug-likeness (QED) is 0.439. The first-order chi connectivity index (χ1) is 9.92. The van der Waals surface area contributed by atoms with Gasteiger partial charge in [-0.1, -0.05) is 0 Å². The molecule has 0 heterocycles. The molecule has 0 aliphatic heterocycles. The van der Waals surface area contributed by atoms with E-state index in [2.05, 4.69) is 0 Å². The fourth-order valence-electron chi connectivity index (χ4n) is 1.52. The SMILES string of the molecule is N#Cc1ccc(Oc2c(F)cc([N+](=O)[O-])cc2F)cc1I. The number of non-ortho nitro benzene ring substituents is 1. The van der Waals surface area contributed by atoms with Crippen LogP contribution in [-0.2, 0) is 0 Å². The van der Waals surface area contributed by atoms with E-state index in [-0.39, 0.29) is 5.75 Å². The highest BCUT2D eigenvalue weighted by molar-refractivity contribution is 14.1. The summed E-state index contributed by atoms with van der Waals surface area (Å²) in [6.07, 6.45) is 0. The van der Waals surface area contributed by atoms with Crippen LogP contribution in [0.2, 0.25) is 0 Å². The van der Waals surface area contributed by atoms with E-state index in [1.807, 2.05) is 28.7 Å². The number of benzene rings is 2. The molecule has 21 heavy (non-hydrogen) atoms. The number of rotatable bonds is 3. The van der Waals surface area contributed by atoms with Gasteiger partial charge in [0.25, 0.3) is 5.69 Å². The zero-order valence-corrected chi connectivity index (χ0v) is 12.3. The Morgan fingerprint density at radius 3 is 2.33 bits per heavy atom. The van der Waals surface area contributed by atoms with E-state index in [0.717, 1.165) is 0 Å². The van der Waals surface area contributed by atoms with Crippen molar-refractivity contribution in [3.8, 4) is 17.6 Å². The van der Waals surface area contributed by atoms with Crippen molar-refractivity contribution >= 4 is 28.3 Å². The molecule has 0 amide bonds. The summed E-state index contributed by atoms with van der Waals surface area (Å²) >= 11 is 1.88. The minimum Gasteiger partial charge on any atom is -0.451 e. The Kier molecular flexibility index (Phi) is 4.32. The Balaban J connectivity index is 2.38. The van der Waals surface area contributed by atoms with Crippen LogP contribution in [0.25, 0.3) is 0 Å². The van der Waals surface area contributed by atoms with E-state index in [0.29, 0.717) is 21.3 Å². The molecule has 0 spiro atoms. The summed E-state index contributed by atoms with van der Waals surface area (Å²) in [5.74, 6) is -2.98. The normalized spacial score (nSPS) is 10.0. The zero-order valence-electron chi connectivity index (χ0n) is 10.1. The van der Waals surface area contributed by atoms with Crippen molar-refractivity contribution in [2.75, 3.05) is 0 Å². The molecule has 5 nitrogen and oxygen atoms in total. The number of halogens is 3. The molecule has 8 heteroatoms. The highest BCUT2D eigenvalue weighted by Crippen LogP contribution is 2.31. The van der Waals surface area contributed by atoms with Gasteiger partial charge in [-0.15, -0.1) is 0 Å². The average molecular weight is 402 g/mol. The van der Waals surface area contributed by atoms with E-state index >= 15 is 0 Å². The second-order valence-electron chi connectivity index (χ2n) is 3.85. The van der Waals surface area contributed by atoms with Gasteiger partial charge in [-0.3, -0.25) is 10.1 Å². The first kappa shape index (κ1) is 15.1. The second kappa shape index (κ2) is 6.01. The molecule has 0 atom stereocenters. The van der Waals surface area contributed by atoms with Gasteiger partial charge in [0, 0.05) is 3.57 Å². The van der Waals surface area contributed by atoms with Gasteiger partial charge in [-0.2, -0.15) is 5.26 Å². The highest BCUT2D eigenvalue weighted by atomic mass is 127. The van der Waals surface area contributed by atoms with Crippen molar-refractivity contribution < 1.29 is 18.4 Å². The van der Waals surface area contributed by atoms with Crippen molar-refractivity contribution in [1.29, 1.82) is 5.26 Å². The third-order valence-corrected chi connectivity index (χ3v) is 3.37. The van der Waals surface area contributed by atoms with E-state index < -0.39 is 28.0 Å². The molecular formula is C13H5F2IN2O3. The molecule has 2 rings (SSSR count). The standard InChI is InChI=1S/C13H5F2IN2O3/c14-10-3-8(18(19)20)4-11(15)13(10)21-9-2-1-7(6-17)12(16)5-9/h1-5H. The first-order valence-electron chi connectivity index (χ1n) is 5.43. The Bertz CT molecular complexity index is 751. The van der Waals surface area contributed by atoms with Gasteiger partial charge in [0.15, 0.2) is 17.4 Å². The summed E-state index contributed by atoms with van der Waals surface area (Å²) in [4.78, 5) is 9.59. The van der Waals surface area contributed by atoms with Gasteiger partial charge >= 0.3 is 0 Å². The van der Waals surface area contributed by atoms with Crippen LogP contribution in [-0.4, -0.2) is 4.92 Å². The number of nitro benzene ring substituents is 1. The topological polar surface area (TPSA) is 76.2 Å². The Morgan fingerprint density at radius 1 is 1.24 bits per heavy atom. The van der Waals surface area contributed by atoms with Crippen molar-refractivity contribution in [3.05, 3.63) is 61.2 Å². The molecule has 0 bridgehead atoms. The van der Waals surface area contributed by atoms with Crippen LogP contribution in [0.15, 0.2) is 30.3 Å². The van der Waals surface area contributed by atoms with Crippen LogP contribution in [0.5, 0.6) is 11.5 Å². The number of nitrogens with zero attached hydrogens (tertiary/aromatic N) is 2. The Morgan fingerprint density at radius 2 is 1.86 bits per heavy atom. The number of nitro groups is 1. The molecule has 0 saturated carbocycles. The summed E-state index contributed by atoms with van der Waals surface area (Å²) in [5.41, 5.74) is -0.306. The van der Waals surface area contributed by atoms with Gasteiger partial charge in [0.2, 0.25) is 0 Å². The van der Waals surface area contributed by atoms with Gasteiger partial charge in [-0.05, 0) is 40.8 Å². The Labute approximate surface area is 131 Å². The molecule has 0 aromatic heterocycles. The third kappa shape index (κ3) is 3.25. The van der Waals surface area contributed by atoms with Crippen LogP contribution in [0.3, 0.4) is 0 Å². The predicted molar refractivity (Wildman–Crippen MR) is 77.0 cm³/mol. The van der Waals surface area contributed by atoms with Crippen molar-refractivity contribution in [2.24, 2.45) is 0 Å². The molecule has 0 saturated heterocycles. The van der Waals surface area contributed by atoms with Crippen LogP contribution >= 0.6 is 22.6 Å².